The van der Waals surface area contributed by atoms with Crippen LogP contribution in [0.15, 0.2) is 96.1 Å². The Bertz CT molecular complexity index is 1440. The largest absolute Gasteiger partial charge is 0.458 e. The van der Waals surface area contributed by atoms with Gasteiger partial charge < -0.3 is 19.3 Å². The average Bonchev–Trinajstić information content (AvgIpc) is 3.39. The van der Waals surface area contributed by atoms with Crippen LogP contribution in [0.5, 0.6) is 0 Å². The van der Waals surface area contributed by atoms with Crippen molar-refractivity contribution in [1.29, 1.82) is 0 Å². The second-order valence-electron chi connectivity index (χ2n) is 14.3. The summed E-state index contributed by atoms with van der Waals surface area (Å²) in [5.74, 6) is 0.129. The van der Waals surface area contributed by atoms with Crippen molar-refractivity contribution in [1.82, 2.24) is 0 Å². The summed E-state index contributed by atoms with van der Waals surface area (Å²) in [5, 5.41) is 10.1. The quantitative estimate of drug-likeness (QED) is 0.267. The van der Waals surface area contributed by atoms with Gasteiger partial charge in [-0.25, -0.2) is 9.59 Å². The van der Waals surface area contributed by atoms with Crippen LogP contribution in [0, 0.1) is 17.3 Å². The van der Waals surface area contributed by atoms with Gasteiger partial charge in [0.05, 0.1) is 22.8 Å². The van der Waals surface area contributed by atoms with Crippen molar-refractivity contribution in [2.24, 2.45) is 17.3 Å². The lowest BCUT2D eigenvalue weighted by Crippen LogP contribution is -2.39. The normalized spacial score (nSPS) is 28.9. The minimum Gasteiger partial charge on any atom is -0.458 e. The molecule has 0 unspecified atom stereocenters. The Morgan fingerprint density at radius 1 is 1.00 bits per heavy atom. The summed E-state index contributed by atoms with van der Waals surface area (Å²) in [6.45, 7) is 13.2. The van der Waals surface area contributed by atoms with Crippen molar-refractivity contribution < 1.29 is 28.9 Å². The lowest BCUT2D eigenvalue weighted by molar-refractivity contribution is -0.0454. The molecule has 0 heterocycles. The summed E-state index contributed by atoms with van der Waals surface area (Å²) in [5.41, 5.74) is 3.54. The molecule has 0 radical (unpaired) electrons. The summed E-state index contributed by atoms with van der Waals surface area (Å²) in [6.07, 6.45) is 10.6. The van der Waals surface area contributed by atoms with E-state index >= 15 is 0 Å². The molecule has 3 aliphatic carbocycles. The summed E-state index contributed by atoms with van der Waals surface area (Å²) in [6, 6.07) is 17.9. The first-order chi connectivity index (χ1) is 21.9. The Kier molecular flexibility index (Phi) is 10.7. The molecule has 3 fully saturated rings. The number of ether oxygens (including phenoxy) is 3. The first-order valence-electron chi connectivity index (χ1n) is 16.9. The first kappa shape index (κ1) is 33.9. The maximum atomic E-state index is 13.1. The first-order valence-corrected chi connectivity index (χ1v) is 16.9. The zero-order valence-electron chi connectivity index (χ0n) is 27.9. The second kappa shape index (κ2) is 14.5. The predicted octanol–water partition coefficient (Wildman–Crippen LogP) is 8.42. The number of hydrogen-bond donors (Lipinski definition) is 1. The predicted molar refractivity (Wildman–Crippen MR) is 180 cm³/mol. The summed E-state index contributed by atoms with van der Waals surface area (Å²) in [4.78, 5) is 26.1. The number of esters is 2. The summed E-state index contributed by atoms with van der Waals surface area (Å²) in [7, 11) is 0. The zero-order chi connectivity index (χ0) is 32.9. The van der Waals surface area contributed by atoms with E-state index in [4.69, 9.17) is 14.2 Å². The van der Waals surface area contributed by atoms with E-state index in [-0.39, 0.29) is 17.5 Å². The van der Waals surface area contributed by atoms with Crippen LogP contribution in [-0.4, -0.2) is 47.6 Å². The van der Waals surface area contributed by atoms with Crippen LogP contribution in [0.2, 0.25) is 0 Å². The molecular formula is C40H50O6. The van der Waals surface area contributed by atoms with Gasteiger partial charge in [0.2, 0.25) is 0 Å². The molecule has 0 aliphatic heterocycles. The Morgan fingerprint density at radius 3 is 2.26 bits per heavy atom. The fraction of sp³-hybridized carbons (Fsp3) is 0.500. The molecule has 1 N–H and O–H groups in total. The molecule has 6 nitrogen and oxygen atoms in total. The second-order valence-corrected chi connectivity index (χ2v) is 14.3. The minimum atomic E-state index is -0.725. The molecule has 6 heteroatoms. The monoisotopic (exact) mass is 626 g/mol. The molecule has 6 atom stereocenters. The Balaban J connectivity index is 1.34. The third kappa shape index (κ3) is 8.08. The number of fused-ring (bicyclic) bond motifs is 1. The van der Waals surface area contributed by atoms with Crippen molar-refractivity contribution in [2.75, 3.05) is 6.61 Å². The van der Waals surface area contributed by atoms with Gasteiger partial charge >= 0.3 is 11.9 Å². The highest BCUT2D eigenvalue weighted by Gasteiger charge is 2.51. The van der Waals surface area contributed by atoms with Crippen molar-refractivity contribution in [2.45, 2.75) is 103 Å². The standard InChI is InChI=1S/C40H50O6/c1-27-32(19-18-29-17-12-22-40(5)34(20-21-35(29)40)28(2)44-24-23-39(3,4)43)25-33(45-37(41)30-13-8-6-9-14-30)26-36(27)46-38(42)31-15-10-7-11-16-31/h6-11,13-16,18-19,28,33-36,43H,1,12,17,20-26H2,2-5H3/t28-,33+,34+,35-,36-,40+/m0/s1. The fourth-order valence-electron chi connectivity index (χ4n) is 7.87. The third-order valence-electron chi connectivity index (χ3n) is 10.5. The van der Waals surface area contributed by atoms with Crippen molar-refractivity contribution >= 4 is 11.9 Å². The number of benzene rings is 2. The van der Waals surface area contributed by atoms with Gasteiger partial charge in [-0.15, -0.1) is 0 Å². The van der Waals surface area contributed by atoms with Crippen LogP contribution in [0.25, 0.3) is 0 Å². The van der Waals surface area contributed by atoms with Crippen LogP contribution in [0.1, 0.15) is 99.8 Å². The van der Waals surface area contributed by atoms with Gasteiger partial charge in [0.1, 0.15) is 12.2 Å². The van der Waals surface area contributed by atoms with Crippen molar-refractivity contribution in [3.8, 4) is 0 Å². The smallest absolute Gasteiger partial charge is 0.338 e. The molecule has 3 saturated carbocycles. The van der Waals surface area contributed by atoms with Crippen LogP contribution < -0.4 is 0 Å². The molecular weight excluding hydrogens is 576 g/mol. The van der Waals surface area contributed by atoms with Gasteiger partial charge in [-0.2, -0.15) is 0 Å². The van der Waals surface area contributed by atoms with E-state index in [9.17, 15) is 14.7 Å². The molecule has 246 valence electrons. The van der Waals surface area contributed by atoms with Gasteiger partial charge in [0.25, 0.3) is 0 Å². The topological polar surface area (TPSA) is 82.1 Å². The molecule has 0 bridgehead atoms. The van der Waals surface area contributed by atoms with Gasteiger partial charge in [-0.1, -0.05) is 67.6 Å². The van der Waals surface area contributed by atoms with Gasteiger partial charge in [-0.3, -0.25) is 0 Å². The number of carbonyl (C=O) groups excluding carboxylic acids is 2. The zero-order valence-corrected chi connectivity index (χ0v) is 27.9. The average molecular weight is 627 g/mol. The molecule has 3 aliphatic rings. The van der Waals surface area contributed by atoms with Crippen LogP contribution >= 0.6 is 0 Å². The molecule has 46 heavy (non-hydrogen) atoms. The van der Waals surface area contributed by atoms with Gasteiger partial charge in [-0.05, 0) is 112 Å². The summed E-state index contributed by atoms with van der Waals surface area (Å²) < 4.78 is 18.3. The molecule has 0 amide bonds. The van der Waals surface area contributed by atoms with E-state index in [1.54, 1.807) is 24.3 Å². The Labute approximate surface area is 274 Å². The number of hydrogen-bond acceptors (Lipinski definition) is 6. The molecule has 0 aromatic heterocycles. The molecule has 0 saturated heterocycles. The number of aliphatic hydroxyl groups is 1. The number of carbonyl (C=O) groups is 2. The number of rotatable bonds is 10. The highest BCUT2D eigenvalue weighted by atomic mass is 16.6. The maximum absolute atomic E-state index is 13.1. The summed E-state index contributed by atoms with van der Waals surface area (Å²) >= 11 is 0. The van der Waals surface area contributed by atoms with E-state index in [2.05, 4.69) is 32.6 Å². The lowest BCUT2D eigenvalue weighted by atomic mass is 9.62. The highest BCUT2D eigenvalue weighted by molar-refractivity contribution is 5.90. The maximum Gasteiger partial charge on any atom is 0.338 e. The van der Waals surface area contributed by atoms with Crippen molar-refractivity contribution in [3.05, 3.63) is 107 Å². The van der Waals surface area contributed by atoms with Crippen LogP contribution in [0.3, 0.4) is 0 Å². The van der Waals surface area contributed by atoms with E-state index in [0.29, 0.717) is 48.8 Å². The fourth-order valence-corrected chi connectivity index (χ4v) is 7.87. The molecule has 2 aromatic rings. The van der Waals surface area contributed by atoms with E-state index in [0.717, 1.165) is 36.8 Å². The van der Waals surface area contributed by atoms with Gasteiger partial charge in [0.15, 0.2) is 0 Å². The molecule has 0 spiro atoms. The number of allylic oxidation sites excluding steroid dienone is 3. The Morgan fingerprint density at radius 2 is 1.63 bits per heavy atom. The Hall–Kier alpha value is -3.48. The third-order valence-corrected chi connectivity index (χ3v) is 10.5. The van der Waals surface area contributed by atoms with E-state index < -0.39 is 23.8 Å². The van der Waals surface area contributed by atoms with Crippen LogP contribution in [-0.2, 0) is 14.2 Å². The van der Waals surface area contributed by atoms with Crippen LogP contribution in [0.4, 0.5) is 0 Å². The molecule has 5 rings (SSSR count). The lowest BCUT2D eigenvalue weighted by Gasteiger charge is -2.44. The molecule has 2 aromatic carbocycles. The van der Waals surface area contributed by atoms with Gasteiger partial charge in [0, 0.05) is 19.4 Å². The van der Waals surface area contributed by atoms with Crippen molar-refractivity contribution in [3.63, 3.8) is 0 Å². The van der Waals surface area contributed by atoms with E-state index in [1.165, 1.54) is 12.0 Å². The SMILES string of the molecule is C=C1C(=CC=C2CCC[C@]3(C)[C@@H]([C@H](C)OCCC(C)(C)O)CC[C@@H]23)C[C@@H](OC(=O)c2ccccc2)C[C@@H]1OC(=O)c1ccccc1. The minimum absolute atomic E-state index is 0.133. The highest BCUT2D eigenvalue weighted by Crippen LogP contribution is 2.58. The van der Waals surface area contributed by atoms with E-state index in [1.807, 2.05) is 50.2 Å².